The van der Waals surface area contributed by atoms with Crippen LogP contribution in [0.5, 0.6) is 11.5 Å². The van der Waals surface area contributed by atoms with E-state index in [4.69, 9.17) is 4.74 Å². The average molecular weight is 350 g/mol. The second-order valence-electron chi connectivity index (χ2n) is 7.13. The monoisotopic (exact) mass is 350 g/mol. The molecule has 1 aromatic carbocycles. The van der Waals surface area contributed by atoms with Gasteiger partial charge in [0, 0.05) is 12.5 Å². The maximum absolute atomic E-state index is 12.0. The number of carbonyl (C=O) groups is 1. The van der Waals surface area contributed by atoms with E-state index in [9.17, 15) is 20.1 Å². The smallest absolute Gasteiger partial charge is 0.342 e. The summed E-state index contributed by atoms with van der Waals surface area (Å²) >= 11 is 0. The van der Waals surface area contributed by atoms with Gasteiger partial charge in [0.15, 0.2) is 0 Å². The van der Waals surface area contributed by atoms with Gasteiger partial charge in [-0.25, -0.2) is 4.79 Å². The highest BCUT2D eigenvalue weighted by Gasteiger charge is 2.29. The van der Waals surface area contributed by atoms with Crippen molar-refractivity contribution < 1.29 is 24.9 Å². The largest absolute Gasteiger partial charge is 0.508 e. The van der Waals surface area contributed by atoms with E-state index in [1.807, 2.05) is 6.92 Å². The van der Waals surface area contributed by atoms with Crippen molar-refractivity contribution in [3.63, 3.8) is 0 Å². The topological polar surface area (TPSA) is 87.0 Å². The Morgan fingerprint density at radius 2 is 1.72 bits per heavy atom. The van der Waals surface area contributed by atoms with Crippen molar-refractivity contribution in [3.8, 4) is 11.5 Å². The maximum atomic E-state index is 12.0. The fourth-order valence-electron chi connectivity index (χ4n) is 3.42. The molecule has 0 saturated carbocycles. The Morgan fingerprint density at radius 1 is 1.08 bits per heavy atom. The van der Waals surface area contributed by atoms with E-state index in [0.717, 1.165) is 32.1 Å². The SMILES string of the molecule is C[C@H](O)CCCCCCCCC[C@@H]1Cc2cc(O)cc(O)c2C(=O)O1. The van der Waals surface area contributed by atoms with Crippen LogP contribution >= 0.6 is 0 Å². The molecule has 0 radical (unpaired) electrons. The van der Waals surface area contributed by atoms with Crippen LogP contribution in [0.3, 0.4) is 0 Å². The lowest BCUT2D eigenvalue weighted by Crippen LogP contribution is -2.27. The van der Waals surface area contributed by atoms with Crippen LogP contribution in [0.2, 0.25) is 0 Å². The Morgan fingerprint density at radius 3 is 2.40 bits per heavy atom. The molecule has 0 fully saturated rings. The van der Waals surface area contributed by atoms with E-state index in [2.05, 4.69) is 0 Å². The summed E-state index contributed by atoms with van der Waals surface area (Å²) in [6.07, 6.45) is 9.85. The number of cyclic esters (lactones) is 1. The number of esters is 1. The summed E-state index contributed by atoms with van der Waals surface area (Å²) < 4.78 is 5.41. The van der Waals surface area contributed by atoms with Crippen LogP contribution in [0.4, 0.5) is 0 Å². The summed E-state index contributed by atoms with van der Waals surface area (Å²) in [4.78, 5) is 12.0. The Balaban J connectivity index is 1.63. The lowest BCUT2D eigenvalue weighted by Gasteiger charge is -2.25. The molecule has 0 bridgehead atoms. The zero-order valence-corrected chi connectivity index (χ0v) is 15.0. The molecule has 2 rings (SSSR count). The molecule has 25 heavy (non-hydrogen) atoms. The minimum atomic E-state index is -0.498. The number of hydrogen-bond acceptors (Lipinski definition) is 5. The molecule has 0 aliphatic carbocycles. The Labute approximate surface area is 149 Å². The fraction of sp³-hybridized carbons (Fsp3) is 0.650. The van der Waals surface area contributed by atoms with Gasteiger partial charge in [-0.3, -0.25) is 0 Å². The molecule has 1 heterocycles. The molecule has 2 atom stereocenters. The summed E-state index contributed by atoms with van der Waals surface area (Å²) in [5.74, 6) is -0.740. The molecule has 1 aromatic rings. The molecule has 1 aliphatic heterocycles. The van der Waals surface area contributed by atoms with Gasteiger partial charge in [0.1, 0.15) is 23.2 Å². The van der Waals surface area contributed by atoms with Crippen LogP contribution in [0.25, 0.3) is 0 Å². The summed E-state index contributed by atoms with van der Waals surface area (Å²) in [5.41, 5.74) is 0.850. The Hall–Kier alpha value is -1.75. The van der Waals surface area contributed by atoms with Crippen LogP contribution in [0, 0.1) is 0 Å². The van der Waals surface area contributed by atoms with E-state index in [-0.39, 0.29) is 29.3 Å². The van der Waals surface area contributed by atoms with Crippen LogP contribution in [-0.4, -0.2) is 33.5 Å². The number of aliphatic hydroxyl groups excluding tert-OH is 1. The van der Waals surface area contributed by atoms with Crippen LogP contribution in [-0.2, 0) is 11.2 Å². The first-order chi connectivity index (χ1) is 12.0. The van der Waals surface area contributed by atoms with Gasteiger partial charge in [-0.1, -0.05) is 38.5 Å². The number of phenols is 2. The predicted octanol–water partition coefficient (Wildman–Crippen LogP) is 4.07. The lowest BCUT2D eigenvalue weighted by molar-refractivity contribution is 0.0227. The third-order valence-electron chi connectivity index (χ3n) is 4.76. The van der Waals surface area contributed by atoms with Crippen LogP contribution in [0.1, 0.15) is 80.6 Å². The third-order valence-corrected chi connectivity index (χ3v) is 4.76. The first kappa shape index (κ1) is 19.6. The van der Waals surface area contributed by atoms with Crippen molar-refractivity contribution in [2.45, 2.75) is 83.3 Å². The second-order valence-corrected chi connectivity index (χ2v) is 7.13. The number of fused-ring (bicyclic) bond motifs is 1. The normalized spacial score (nSPS) is 17.8. The second kappa shape index (κ2) is 9.66. The molecule has 0 spiro atoms. The summed E-state index contributed by atoms with van der Waals surface area (Å²) in [7, 11) is 0. The highest BCUT2D eigenvalue weighted by atomic mass is 16.5. The number of aliphatic hydroxyl groups is 1. The minimum absolute atomic E-state index is 0.0275. The van der Waals surface area contributed by atoms with E-state index in [0.29, 0.717) is 12.0 Å². The number of phenolic OH excluding ortho intramolecular Hbond substituents is 2. The summed E-state index contributed by atoms with van der Waals surface area (Å²) in [6.45, 7) is 1.83. The molecule has 0 aromatic heterocycles. The van der Waals surface area contributed by atoms with E-state index in [1.54, 1.807) is 0 Å². The van der Waals surface area contributed by atoms with Crippen molar-refractivity contribution in [3.05, 3.63) is 23.3 Å². The number of unbranched alkanes of at least 4 members (excludes halogenated alkanes) is 6. The predicted molar refractivity (Wildman–Crippen MR) is 95.9 cm³/mol. The quantitative estimate of drug-likeness (QED) is 0.437. The van der Waals surface area contributed by atoms with Gasteiger partial charge in [-0.15, -0.1) is 0 Å². The van der Waals surface area contributed by atoms with Gasteiger partial charge < -0.3 is 20.1 Å². The van der Waals surface area contributed by atoms with Gasteiger partial charge in [-0.05, 0) is 37.8 Å². The number of aromatic hydroxyl groups is 2. The van der Waals surface area contributed by atoms with Gasteiger partial charge in [0.25, 0.3) is 0 Å². The molecular weight excluding hydrogens is 320 g/mol. The van der Waals surface area contributed by atoms with Crippen molar-refractivity contribution >= 4 is 5.97 Å². The first-order valence-corrected chi connectivity index (χ1v) is 9.41. The van der Waals surface area contributed by atoms with Crippen molar-refractivity contribution in [1.82, 2.24) is 0 Å². The summed E-state index contributed by atoms with van der Waals surface area (Å²) in [6, 6.07) is 2.71. The zero-order valence-electron chi connectivity index (χ0n) is 15.0. The Bertz CT molecular complexity index is 567. The molecule has 3 N–H and O–H groups in total. The lowest BCUT2D eigenvalue weighted by atomic mass is 9.94. The van der Waals surface area contributed by atoms with Crippen molar-refractivity contribution in [1.29, 1.82) is 0 Å². The Kier molecular flexibility index (Phi) is 7.56. The molecular formula is C20H30O5. The molecule has 5 nitrogen and oxygen atoms in total. The number of benzene rings is 1. The van der Waals surface area contributed by atoms with Crippen molar-refractivity contribution in [2.24, 2.45) is 0 Å². The van der Waals surface area contributed by atoms with Gasteiger partial charge in [0.2, 0.25) is 0 Å². The third kappa shape index (κ3) is 6.24. The van der Waals surface area contributed by atoms with Gasteiger partial charge in [0.05, 0.1) is 6.10 Å². The summed E-state index contributed by atoms with van der Waals surface area (Å²) in [5, 5.41) is 28.6. The molecule has 0 unspecified atom stereocenters. The van der Waals surface area contributed by atoms with Crippen LogP contribution < -0.4 is 0 Å². The highest BCUT2D eigenvalue weighted by molar-refractivity contribution is 5.95. The fourth-order valence-corrected chi connectivity index (χ4v) is 3.42. The number of rotatable bonds is 10. The number of carbonyl (C=O) groups excluding carboxylic acids is 1. The van der Waals surface area contributed by atoms with Crippen LogP contribution in [0.15, 0.2) is 12.1 Å². The minimum Gasteiger partial charge on any atom is -0.508 e. The molecule has 5 heteroatoms. The maximum Gasteiger partial charge on any atom is 0.342 e. The molecule has 0 amide bonds. The highest BCUT2D eigenvalue weighted by Crippen LogP contribution is 2.33. The van der Waals surface area contributed by atoms with E-state index in [1.165, 1.54) is 37.8 Å². The van der Waals surface area contributed by atoms with Gasteiger partial charge >= 0.3 is 5.97 Å². The van der Waals surface area contributed by atoms with E-state index >= 15 is 0 Å². The van der Waals surface area contributed by atoms with Crippen molar-refractivity contribution in [2.75, 3.05) is 0 Å². The number of hydrogen-bond donors (Lipinski definition) is 3. The first-order valence-electron chi connectivity index (χ1n) is 9.41. The van der Waals surface area contributed by atoms with E-state index < -0.39 is 5.97 Å². The zero-order chi connectivity index (χ0) is 18.2. The number of ether oxygens (including phenoxy) is 1. The molecule has 140 valence electrons. The van der Waals surface area contributed by atoms with Gasteiger partial charge in [-0.2, -0.15) is 0 Å². The molecule has 0 saturated heterocycles. The standard InChI is InChI=1S/C20H30O5/c1-14(21)9-7-5-3-2-4-6-8-10-17-12-15-11-16(22)13-18(23)19(15)20(24)25-17/h11,13-14,17,21-23H,2-10,12H2,1H3/t14-,17+/m0/s1. The average Bonchev–Trinajstić information content (AvgIpc) is 2.51. The molecule has 1 aliphatic rings.